The van der Waals surface area contributed by atoms with Crippen LogP contribution in [0.3, 0.4) is 0 Å². The third-order valence-electron chi connectivity index (χ3n) is 3.68. The Bertz CT molecular complexity index is 641. The van der Waals surface area contributed by atoms with E-state index >= 15 is 0 Å². The normalized spacial score (nSPS) is 15.3. The third kappa shape index (κ3) is 2.39. The molecule has 0 spiro atoms. The summed E-state index contributed by atoms with van der Waals surface area (Å²) in [5.74, 6) is -0.988. The highest BCUT2D eigenvalue weighted by atomic mass is 16.2. The van der Waals surface area contributed by atoms with Crippen LogP contribution in [-0.2, 0) is 9.59 Å². The molecule has 2 amide bonds. The summed E-state index contributed by atoms with van der Waals surface area (Å²) in [5, 5.41) is 3.63. The lowest BCUT2D eigenvalue weighted by Crippen LogP contribution is -2.42. The quantitative estimate of drug-likeness (QED) is 0.780. The molecule has 3 rings (SSSR count). The van der Waals surface area contributed by atoms with Gasteiger partial charge in [0.1, 0.15) is 0 Å². The molecule has 1 fully saturated rings. The monoisotopic (exact) mass is 271 g/mol. The summed E-state index contributed by atoms with van der Waals surface area (Å²) < 4.78 is 0. The lowest BCUT2D eigenvalue weighted by Gasteiger charge is -2.25. The van der Waals surface area contributed by atoms with Crippen LogP contribution in [0.2, 0.25) is 0 Å². The van der Waals surface area contributed by atoms with Crippen LogP contribution >= 0.6 is 0 Å². The Morgan fingerprint density at radius 2 is 1.90 bits per heavy atom. The Labute approximate surface area is 117 Å². The van der Waals surface area contributed by atoms with Crippen molar-refractivity contribution in [2.45, 2.75) is 19.3 Å². The zero-order valence-corrected chi connectivity index (χ0v) is 11.2. The number of hydrogen-bond donors (Lipinski definition) is 2. The van der Waals surface area contributed by atoms with E-state index in [-0.39, 0.29) is 0 Å². The SMILES string of the molecule is O=C(Nc1cccc2[nH]ccc12)C(=O)N1CCCCC1. The first-order valence-electron chi connectivity index (χ1n) is 6.92. The number of aromatic nitrogens is 1. The number of carbonyl (C=O) groups is 2. The Kier molecular flexibility index (Phi) is 3.41. The average Bonchev–Trinajstić information content (AvgIpc) is 2.97. The maximum absolute atomic E-state index is 12.1. The molecule has 2 N–H and O–H groups in total. The van der Waals surface area contributed by atoms with Crippen LogP contribution in [0.15, 0.2) is 30.5 Å². The van der Waals surface area contributed by atoms with Crippen LogP contribution in [0.25, 0.3) is 10.9 Å². The number of benzene rings is 1. The zero-order chi connectivity index (χ0) is 13.9. The van der Waals surface area contributed by atoms with E-state index in [4.69, 9.17) is 0 Å². The Morgan fingerprint density at radius 3 is 2.70 bits per heavy atom. The molecule has 20 heavy (non-hydrogen) atoms. The molecule has 1 saturated heterocycles. The molecule has 0 saturated carbocycles. The number of likely N-dealkylation sites (tertiary alicyclic amines) is 1. The van der Waals surface area contributed by atoms with E-state index in [1.165, 1.54) is 0 Å². The van der Waals surface area contributed by atoms with Crippen molar-refractivity contribution in [2.24, 2.45) is 0 Å². The molecular weight excluding hydrogens is 254 g/mol. The smallest absolute Gasteiger partial charge is 0.313 e. The van der Waals surface area contributed by atoms with Gasteiger partial charge in [-0.2, -0.15) is 0 Å². The van der Waals surface area contributed by atoms with Gasteiger partial charge in [0, 0.05) is 30.2 Å². The van der Waals surface area contributed by atoms with E-state index in [0.717, 1.165) is 30.2 Å². The maximum atomic E-state index is 12.1. The summed E-state index contributed by atoms with van der Waals surface area (Å²) >= 11 is 0. The van der Waals surface area contributed by atoms with E-state index in [9.17, 15) is 9.59 Å². The van der Waals surface area contributed by atoms with Gasteiger partial charge in [0.15, 0.2) is 0 Å². The molecule has 0 aliphatic carbocycles. The molecule has 0 bridgehead atoms. The van der Waals surface area contributed by atoms with Crippen molar-refractivity contribution in [3.05, 3.63) is 30.5 Å². The molecule has 1 aromatic carbocycles. The number of piperidine rings is 1. The van der Waals surface area contributed by atoms with Gasteiger partial charge < -0.3 is 15.2 Å². The van der Waals surface area contributed by atoms with E-state index in [0.29, 0.717) is 18.8 Å². The fourth-order valence-electron chi connectivity index (χ4n) is 2.61. The molecule has 104 valence electrons. The number of carbonyl (C=O) groups excluding carboxylic acids is 2. The number of nitrogens with one attached hydrogen (secondary N) is 2. The number of rotatable bonds is 1. The lowest BCUT2D eigenvalue weighted by molar-refractivity contribution is -0.143. The fraction of sp³-hybridized carbons (Fsp3) is 0.333. The number of nitrogens with zero attached hydrogens (tertiary/aromatic N) is 1. The predicted molar refractivity (Wildman–Crippen MR) is 77.4 cm³/mol. The van der Waals surface area contributed by atoms with E-state index in [2.05, 4.69) is 10.3 Å². The fourth-order valence-corrected chi connectivity index (χ4v) is 2.61. The number of hydrogen-bond acceptors (Lipinski definition) is 2. The zero-order valence-electron chi connectivity index (χ0n) is 11.2. The molecule has 5 nitrogen and oxygen atoms in total. The van der Waals surface area contributed by atoms with Gasteiger partial charge in [0.2, 0.25) is 0 Å². The molecule has 5 heteroatoms. The van der Waals surface area contributed by atoms with Crippen molar-refractivity contribution < 1.29 is 9.59 Å². The topological polar surface area (TPSA) is 65.2 Å². The van der Waals surface area contributed by atoms with Gasteiger partial charge in [0.05, 0.1) is 5.69 Å². The molecule has 2 aromatic rings. The minimum absolute atomic E-state index is 0.433. The van der Waals surface area contributed by atoms with Crippen LogP contribution in [-0.4, -0.2) is 34.8 Å². The second-order valence-corrected chi connectivity index (χ2v) is 5.05. The number of H-pyrrole nitrogens is 1. The first kappa shape index (κ1) is 12.7. The van der Waals surface area contributed by atoms with Gasteiger partial charge in [-0.05, 0) is 37.5 Å². The maximum Gasteiger partial charge on any atom is 0.313 e. The highest BCUT2D eigenvalue weighted by Gasteiger charge is 2.23. The standard InChI is InChI=1S/C15H17N3O2/c19-14(15(20)18-9-2-1-3-10-18)17-13-6-4-5-12-11(13)7-8-16-12/h4-8,16H,1-3,9-10H2,(H,17,19). The summed E-state index contributed by atoms with van der Waals surface area (Å²) in [6.07, 6.45) is 4.90. The van der Waals surface area contributed by atoms with Gasteiger partial charge in [-0.15, -0.1) is 0 Å². The highest BCUT2D eigenvalue weighted by molar-refractivity contribution is 6.40. The number of amides is 2. The molecule has 1 aromatic heterocycles. The predicted octanol–water partition coefficient (Wildman–Crippen LogP) is 2.12. The van der Waals surface area contributed by atoms with Crippen molar-refractivity contribution in [1.29, 1.82) is 0 Å². The first-order valence-corrected chi connectivity index (χ1v) is 6.92. The van der Waals surface area contributed by atoms with Crippen LogP contribution in [0.4, 0.5) is 5.69 Å². The van der Waals surface area contributed by atoms with Crippen molar-refractivity contribution >= 4 is 28.4 Å². The van der Waals surface area contributed by atoms with E-state index < -0.39 is 11.8 Å². The summed E-state index contributed by atoms with van der Waals surface area (Å²) in [5.41, 5.74) is 1.60. The van der Waals surface area contributed by atoms with Crippen LogP contribution in [0.5, 0.6) is 0 Å². The van der Waals surface area contributed by atoms with Crippen LogP contribution in [0, 0.1) is 0 Å². The molecule has 0 radical (unpaired) electrons. The summed E-state index contributed by atoms with van der Waals surface area (Å²) in [6, 6.07) is 7.46. The third-order valence-corrected chi connectivity index (χ3v) is 3.68. The van der Waals surface area contributed by atoms with E-state index in [1.54, 1.807) is 11.0 Å². The molecule has 2 heterocycles. The summed E-state index contributed by atoms with van der Waals surface area (Å²) in [6.45, 7) is 1.36. The second-order valence-electron chi connectivity index (χ2n) is 5.05. The second kappa shape index (κ2) is 5.36. The first-order chi connectivity index (χ1) is 9.75. The van der Waals surface area contributed by atoms with Gasteiger partial charge >= 0.3 is 11.8 Å². The Hall–Kier alpha value is -2.30. The minimum Gasteiger partial charge on any atom is -0.361 e. The number of fused-ring (bicyclic) bond motifs is 1. The molecule has 1 aliphatic heterocycles. The van der Waals surface area contributed by atoms with E-state index in [1.807, 2.05) is 24.4 Å². The van der Waals surface area contributed by atoms with Gasteiger partial charge in [-0.3, -0.25) is 9.59 Å². The van der Waals surface area contributed by atoms with Gasteiger partial charge in [-0.25, -0.2) is 0 Å². The number of aromatic amines is 1. The highest BCUT2D eigenvalue weighted by Crippen LogP contribution is 2.22. The van der Waals surface area contributed by atoms with Crippen LogP contribution in [0.1, 0.15) is 19.3 Å². The van der Waals surface area contributed by atoms with Crippen LogP contribution < -0.4 is 5.32 Å². The van der Waals surface area contributed by atoms with Crippen molar-refractivity contribution in [2.75, 3.05) is 18.4 Å². The molecular formula is C15H17N3O2. The van der Waals surface area contributed by atoms with Gasteiger partial charge in [0.25, 0.3) is 0 Å². The van der Waals surface area contributed by atoms with Crippen molar-refractivity contribution in [3.63, 3.8) is 0 Å². The number of anilines is 1. The largest absolute Gasteiger partial charge is 0.361 e. The van der Waals surface area contributed by atoms with Crippen molar-refractivity contribution in [1.82, 2.24) is 9.88 Å². The summed E-state index contributed by atoms with van der Waals surface area (Å²) in [4.78, 5) is 28.9. The molecule has 0 unspecified atom stereocenters. The Morgan fingerprint density at radius 1 is 1.10 bits per heavy atom. The van der Waals surface area contributed by atoms with Gasteiger partial charge in [-0.1, -0.05) is 6.07 Å². The van der Waals surface area contributed by atoms with Crippen molar-refractivity contribution in [3.8, 4) is 0 Å². The molecule has 1 aliphatic rings. The molecule has 0 atom stereocenters. The summed E-state index contributed by atoms with van der Waals surface area (Å²) in [7, 11) is 0. The lowest BCUT2D eigenvalue weighted by atomic mass is 10.1. The minimum atomic E-state index is -0.555. The Balaban J connectivity index is 1.75. The average molecular weight is 271 g/mol.